The summed E-state index contributed by atoms with van der Waals surface area (Å²) in [6.45, 7) is 0. The van der Waals surface area contributed by atoms with E-state index in [1.54, 1.807) is 19.0 Å². The Balaban J connectivity index is 1.55. The summed E-state index contributed by atoms with van der Waals surface area (Å²) in [6.07, 6.45) is 0. The van der Waals surface area contributed by atoms with Crippen LogP contribution in [0.4, 0.5) is 10.8 Å². The number of hydrogen-bond acceptors (Lipinski definition) is 7. The molecular formula is C18H18N4O2S2. The third-order valence-electron chi connectivity index (χ3n) is 3.31. The molecule has 0 fully saturated rings. The Morgan fingerprint density at radius 3 is 2.46 bits per heavy atom. The van der Waals surface area contributed by atoms with Crippen molar-refractivity contribution in [3.63, 3.8) is 0 Å². The first-order valence-corrected chi connectivity index (χ1v) is 9.67. The van der Waals surface area contributed by atoms with Gasteiger partial charge in [0.2, 0.25) is 11.0 Å². The lowest BCUT2D eigenvalue weighted by Crippen LogP contribution is -2.23. The van der Waals surface area contributed by atoms with Gasteiger partial charge in [-0.1, -0.05) is 41.3 Å². The lowest BCUT2D eigenvalue weighted by atomic mass is 10.3. The molecule has 3 rings (SSSR count). The SMILES string of the molecule is CN(C)C(=O)CSc1nnc(Nc2ccc(Oc3ccccc3)cc2)s1. The second-order valence-corrected chi connectivity index (χ2v) is 7.71. The normalized spacial score (nSPS) is 10.4. The molecule has 0 aliphatic rings. The molecule has 0 unspecified atom stereocenters. The van der Waals surface area contributed by atoms with Crippen molar-refractivity contribution in [1.29, 1.82) is 0 Å². The van der Waals surface area contributed by atoms with E-state index in [0.29, 0.717) is 10.9 Å². The average Bonchev–Trinajstić information content (AvgIpc) is 3.09. The van der Waals surface area contributed by atoms with Gasteiger partial charge in [0, 0.05) is 19.8 Å². The fourth-order valence-electron chi connectivity index (χ4n) is 1.93. The molecule has 0 atom stereocenters. The third kappa shape index (κ3) is 5.21. The lowest BCUT2D eigenvalue weighted by Gasteiger charge is -2.07. The zero-order chi connectivity index (χ0) is 18.4. The van der Waals surface area contributed by atoms with Gasteiger partial charge in [-0.2, -0.15) is 0 Å². The van der Waals surface area contributed by atoms with E-state index >= 15 is 0 Å². The second kappa shape index (κ2) is 8.68. The molecule has 1 heterocycles. The summed E-state index contributed by atoms with van der Waals surface area (Å²) < 4.78 is 6.53. The number of thioether (sulfide) groups is 1. The fraction of sp³-hybridized carbons (Fsp3) is 0.167. The van der Waals surface area contributed by atoms with Gasteiger partial charge in [0.05, 0.1) is 5.75 Å². The molecule has 0 aliphatic carbocycles. The highest BCUT2D eigenvalue weighted by atomic mass is 32.2. The van der Waals surface area contributed by atoms with Crippen LogP contribution in [0.5, 0.6) is 11.5 Å². The molecule has 1 aromatic heterocycles. The van der Waals surface area contributed by atoms with Gasteiger partial charge in [-0.15, -0.1) is 10.2 Å². The average molecular weight is 387 g/mol. The molecule has 8 heteroatoms. The summed E-state index contributed by atoms with van der Waals surface area (Å²) >= 11 is 2.80. The first-order chi connectivity index (χ1) is 12.6. The second-order valence-electron chi connectivity index (χ2n) is 5.51. The number of nitrogens with one attached hydrogen (secondary N) is 1. The van der Waals surface area contributed by atoms with Gasteiger partial charge >= 0.3 is 0 Å². The quantitative estimate of drug-likeness (QED) is 0.612. The molecule has 26 heavy (non-hydrogen) atoms. The number of benzene rings is 2. The zero-order valence-electron chi connectivity index (χ0n) is 14.4. The van der Waals surface area contributed by atoms with Gasteiger partial charge in [-0.25, -0.2) is 0 Å². The van der Waals surface area contributed by atoms with Crippen LogP contribution >= 0.6 is 23.1 Å². The van der Waals surface area contributed by atoms with Gasteiger partial charge in [0.25, 0.3) is 0 Å². The first-order valence-electron chi connectivity index (χ1n) is 7.86. The van der Waals surface area contributed by atoms with Crippen LogP contribution in [0.3, 0.4) is 0 Å². The maximum absolute atomic E-state index is 11.6. The van der Waals surface area contributed by atoms with Crippen LogP contribution in [0.25, 0.3) is 0 Å². The van der Waals surface area contributed by atoms with Crippen LogP contribution in [-0.2, 0) is 4.79 Å². The van der Waals surface area contributed by atoms with E-state index in [-0.39, 0.29) is 5.91 Å². The Labute approximate surface area is 160 Å². The van der Waals surface area contributed by atoms with Crippen molar-refractivity contribution in [1.82, 2.24) is 15.1 Å². The maximum atomic E-state index is 11.6. The zero-order valence-corrected chi connectivity index (χ0v) is 16.0. The number of amides is 1. The lowest BCUT2D eigenvalue weighted by molar-refractivity contribution is -0.125. The Morgan fingerprint density at radius 1 is 1.08 bits per heavy atom. The number of hydrogen-bond donors (Lipinski definition) is 1. The first kappa shape index (κ1) is 18.2. The van der Waals surface area contributed by atoms with E-state index in [2.05, 4.69) is 15.5 Å². The molecule has 134 valence electrons. The van der Waals surface area contributed by atoms with Gasteiger partial charge in [-0.3, -0.25) is 4.79 Å². The Kier molecular flexibility index (Phi) is 6.08. The predicted octanol–water partition coefficient (Wildman–Crippen LogP) is 4.25. The largest absolute Gasteiger partial charge is 0.457 e. The van der Waals surface area contributed by atoms with E-state index in [9.17, 15) is 4.79 Å². The van der Waals surface area contributed by atoms with Crippen LogP contribution < -0.4 is 10.1 Å². The predicted molar refractivity (Wildman–Crippen MR) is 106 cm³/mol. The van der Waals surface area contributed by atoms with Crippen LogP contribution in [0, 0.1) is 0 Å². The minimum atomic E-state index is 0.0497. The van der Waals surface area contributed by atoms with Crippen LogP contribution in [-0.4, -0.2) is 40.9 Å². The topological polar surface area (TPSA) is 67.4 Å². The van der Waals surface area contributed by atoms with Crippen LogP contribution in [0.1, 0.15) is 0 Å². The third-order valence-corrected chi connectivity index (χ3v) is 5.27. The number of ether oxygens (including phenoxy) is 1. The number of para-hydroxylation sites is 1. The Bertz CT molecular complexity index is 851. The van der Waals surface area contributed by atoms with Crippen molar-refractivity contribution in [2.45, 2.75) is 4.34 Å². The van der Waals surface area contributed by atoms with Crippen molar-refractivity contribution < 1.29 is 9.53 Å². The summed E-state index contributed by atoms with van der Waals surface area (Å²) in [7, 11) is 3.47. The molecule has 3 aromatic rings. The summed E-state index contributed by atoms with van der Waals surface area (Å²) in [6, 6.07) is 17.3. The van der Waals surface area contributed by atoms with Crippen molar-refractivity contribution >= 4 is 39.8 Å². The van der Waals surface area contributed by atoms with Crippen molar-refractivity contribution in [3.05, 3.63) is 54.6 Å². The number of rotatable bonds is 7. The molecule has 6 nitrogen and oxygen atoms in total. The van der Waals surface area contributed by atoms with Crippen LogP contribution in [0.15, 0.2) is 58.9 Å². The molecule has 0 spiro atoms. The van der Waals surface area contributed by atoms with Gasteiger partial charge in [0.15, 0.2) is 4.34 Å². The minimum Gasteiger partial charge on any atom is -0.457 e. The summed E-state index contributed by atoms with van der Waals surface area (Å²) in [5.41, 5.74) is 0.891. The molecular weight excluding hydrogens is 368 g/mol. The highest BCUT2D eigenvalue weighted by Gasteiger charge is 2.09. The summed E-state index contributed by atoms with van der Waals surface area (Å²) in [4.78, 5) is 13.2. The van der Waals surface area contributed by atoms with Gasteiger partial charge in [0.1, 0.15) is 11.5 Å². The highest BCUT2D eigenvalue weighted by Crippen LogP contribution is 2.29. The van der Waals surface area contributed by atoms with E-state index in [1.807, 2.05) is 54.6 Å². The molecule has 0 saturated heterocycles. The van der Waals surface area contributed by atoms with Crippen molar-refractivity contribution in [3.8, 4) is 11.5 Å². The van der Waals surface area contributed by atoms with Gasteiger partial charge < -0.3 is 15.0 Å². The summed E-state index contributed by atoms with van der Waals surface area (Å²) in [5.74, 6) is 1.96. The number of anilines is 2. The molecule has 0 saturated carbocycles. The number of carbonyl (C=O) groups is 1. The monoisotopic (exact) mass is 386 g/mol. The molecule has 2 aromatic carbocycles. The number of aromatic nitrogens is 2. The maximum Gasteiger partial charge on any atom is 0.232 e. The Hall–Kier alpha value is -2.58. The van der Waals surface area contributed by atoms with Crippen molar-refractivity contribution in [2.75, 3.05) is 25.2 Å². The molecule has 0 radical (unpaired) electrons. The van der Waals surface area contributed by atoms with E-state index in [4.69, 9.17) is 4.74 Å². The smallest absolute Gasteiger partial charge is 0.232 e. The van der Waals surface area contributed by atoms with Crippen molar-refractivity contribution in [2.24, 2.45) is 0 Å². The molecule has 0 aliphatic heterocycles. The molecule has 1 amide bonds. The van der Waals surface area contributed by atoms with E-state index in [0.717, 1.165) is 21.5 Å². The highest BCUT2D eigenvalue weighted by molar-refractivity contribution is 8.01. The molecule has 0 bridgehead atoms. The molecule has 1 N–H and O–H groups in total. The summed E-state index contributed by atoms with van der Waals surface area (Å²) in [5, 5.41) is 12.1. The van der Waals surface area contributed by atoms with Gasteiger partial charge in [-0.05, 0) is 36.4 Å². The number of nitrogens with zero attached hydrogens (tertiary/aromatic N) is 3. The Morgan fingerprint density at radius 2 is 1.77 bits per heavy atom. The van der Waals surface area contributed by atoms with E-state index in [1.165, 1.54) is 23.1 Å². The minimum absolute atomic E-state index is 0.0497. The fourth-order valence-corrected chi connectivity index (χ4v) is 3.68. The standard InChI is InChI=1S/C18H18N4O2S2/c1-22(2)16(23)12-25-18-21-20-17(26-18)19-13-8-10-15(11-9-13)24-14-6-4-3-5-7-14/h3-11H,12H2,1-2H3,(H,19,20). The van der Waals surface area contributed by atoms with E-state index < -0.39 is 0 Å². The van der Waals surface area contributed by atoms with Crippen LogP contribution in [0.2, 0.25) is 0 Å². The number of carbonyl (C=O) groups excluding carboxylic acids is 1.